The van der Waals surface area contributed by atoms with Crippen molar-refractivity contribution in [3.63, 3.8) is 0 Å². The number of benzene rings is 1. The van der Waals surface area contributed by atoms with Gasteiger partial charge in [-0.3, -0.25) is 0 Å². The molecule has 0 unspecified atom stereocenters. The summed E-state index contributed by atoms with van der Waals surface area (Å²) in [6.07, 6.45) is -1.02. The van der Waals surface area contributed by atoms with E-state index in [9.17, 15) is 13.2 Å². The van der Waals surface area contributed by atoms with Crippen molar-refractivity contribution in [2.24, 2.45) is 0 Å². The van der Waals surface area contributed by atoms with E-state index in [1.54, 1.807) is 7.05 Å². The van der Waals surface area contributed by atoms with E-state index in [-0.39, 0.29) is 17.6 Å². The second-order valence-electron chi connectivity index (χ2n) is 6.49. The van der Waals surface area contributed by atoms with Crippen LogP contribution < -0.4 is 19.5 Å². The molecule has 10 heteroatoms. The number of rotatable bonds is 10. The number of ether oxygens (including phenoxy) is 3. The summed E-state index contributed by atoms with van der Waals surface area (Å²) < 4.78 is 53.2. The summed E-state index contributed by atoms with van der Waals surface area (Å²) >= 11 is 3.40. The van der Waals surface area contributed by atoms with Crippen LogP contribution in [0.25, 0.3) is 11.3 Å². The topological polar surface area (TPSA) is 65.5 Å². The first-order valence-corrected chi connectivity index (χ1v) is 10.4. The molecule has 0 saturated heterocycles. The number of methoxy groups -OCH3 is 1. The molecule has 0 aliphatic heterocycles. The molecule has 1 heterocycles. The van der Waals surface area contributed by atoms with Crippen molar-refractivity contribution in [2.75, 3.05) is 19.5 Å². The molecule has 1 aromatic heterocycles. The normalized spacial score (nSPS) is 11.5. The van der Waals surface area contributed by atoms with Crippen LogP contribution in [0.5, 0.6) is 17.4 Å². The van der Waals surface area contributed by atoms with E-state index in [0.29, 0.717) is 27.6 Å². The van der Waals surface area contributed by atoms with Crippen LogP contribution in [0.2, 0.25) is 0 Å². The fourth-order valence-electron chi connectivity index (χ4n) is 2.95. The van der Waals surface area contributed by atoms with Gasteiger partial charge in [0.15, 0.2) is 5.82 Å². The van der Waals surface area contributed by atoms with Gasteiger partial charge in [0.05, 0.1) is 7.11 Å². The highest BCUT2D eigenvalue weighted by Crippen LogP contribution is 2.39. The minimum atomic E-state index is -4.79. The second kappa shape index (κ2) is 10.7. The third kappa shape index (κ3) is 6.38. The van der Waals surface area contributed by atoms with Crippen molar-refractivity contribution < 1.29 is 27.4 Å². The Morgan fingerprint density at radius 1 is 1.13 bits per heavy atom. The molecule has 30 heavy (non-hydrogen) atoms. The molecule has 6 nitrogen and oxygen atoms in total. The third-order valence-electron chi connectivity index (χ3n) is 4.22. The predicted molar refractivity (Wildman–Crippen MR) is 112 cm³/mol. The van der Waals surface area contributed by atoms with E-state index in [2.05, 4.69) is 49.8 Å². The van der Waals surface area contributed by atoms with Crippen LogP contribution in [0.4, 0.5) is 19.0 Å². The lowest BCUT2D eigenvalue weighted by Crippen LogP contribution is -2.18. The zero-order valence-corrected chi connectivity index (χ0v) is 18.9. The first-order chi connectivity index (χ1) is 14.2. The van der Waals surface area contributed by atoms with Crippen molar-refractivity contribution in [2.45, 2.75) is 52.0 Å². The first-order valence-electron chi connectivity index (χ1n) is 9.58. The average molecular weight is 492 g/mol. The molecule has 2 aromatic rings. The number of alkyl halides is 3. The highest BCUT2D eigenvalue weighted by atomic mass is 79.9. The van der Waals surface area contributed by atoms with Gasteiger partial charge in [-0.2, -0.15) is 0 Å². The minimum Gasteiger partial charge on any atom is -0.496 e. The van der Waals surface area contributed by atoms with Crippen molar-refractivity contribution in [3.8, 4) is 28.6 Å². The zero-order valence-electron chi connectivity index (χ0n) is 17.3. The largest absolute Gasteiger partial charge is 0.573 e. The van der Waals surface area contributed by atoms with Crippen molar-refractivity contribution in [1.82, 2.24) is 9.97 Å². The van der Waals surface area contributed by atoms with Crippen LogP contribution in [0.1, 0.15) is 39.5 Å². The summed E-state index contributed by atoms with van der Waals surface area (Å²) in [6, 6.07) is 3.78. The molecule has 0 amide bonds. The summed E-state index contributed by atoms with van der Waals surface area (Å²) in [7, 11) is 3.05. The molecular weight excluding hydrogens is 467 g/mol. The maximum Gasteiger partial charge on any atom is 0.573 e. The number of anilines is 1. The molecule has 2 rings (SSSR count). The fraction of sp³-hybridized carbons (Fsp3) is 0.500. The van der Waals surface area contributed by atoms with Gasteiger partial charge in [0.2, 0.25) is 0 Å². The third-order valence-corrected chi connectivity index (χ3v) is 4.77. The van der Waals surface area contributed by atoms with Gasteiger partial charge in [-0.15, -0.1) is 13.2 Å². The number of hydrogen-bond acceptors (Lipinski definition) is 6. The summed E-state index contributed by atoms with van der Waals surface area (Å²) in [5, 5.41) is 2.97. The highest BCUT2D eigenvalue weighted by Gasteiger charge is 2.31. The van der Waals surface area contributed by atoms with E-state index >= 15 is 0 Å². The van der Waals surface area contributed by atoms with Crippen LogP contribution in [0.15, 0.2) is 22.8 Å². The van der Waals surface area contributed by atoms with Crippen molar-refractivity contribution >= 4 is 21.7 Å². The Hall–Kier alpha value is -2.23. The number of nitrogens with one attached hydrogen (secondary N) is 1. The molecule has 0 saturated carbocycles. The molecule has 0 spiro atoms. The van der Waals surface area contributed by atoms with Crippen LogP contribution in [0, 0.1) is 0 Å². The lowest BCUT2D eigenvalue weighted by atomic mass is 10.1. The van der Waals surface area contributed by atoms with E-state index in [0.717, 1.165) is 31.7 Å². The standard InChI is InChI=1S/C20H25BrF3N3O3/c1-5-7-12(8-6-2)29-19-18(25-3)26-16(17(21)27-19)14-10-9-13(11-15(14)28-4)30-20(22,23)24/h9-12H,5-8H2,1-4H3,(H,25,26). The van der Waals surface area contributed by atoms with Gasteiger partial charge in [0.25, 0.3) is 5.88 Å². The fourth-order valence-corrected chi connectivity index (χ4v) is 3.41. The maximum absolute atomic E-state index is 12.5. The van der Waals surface area contributed by atoms with E-state index in [1.807, 2.05) is 0 Å². The summed E-state index contributed by atoms with van der Waals surface area (Å²) in [5.41, 5.74) is 0.845. The molecule has 0 bridgehead atoms. The molecule has 1 aromatic carbocycles. The average Bonchev–Trinajstić information content (AvgIpc) is 2.67. The molecule has 166 valence electrons. The van der Waals surface area contributed by atoms with Gasteiger partial charge < -0.3 is 19.5 Å². The Morgan fingerprint density at radius 2 is 1.80 bits per heavy atom. The number of halogens is 4. The second-order valence-corrected chi connectivity index (χ2v) is 7.25. The monoisotopic (exact) mass is 491 g/mol. The molecular formula is C20H25BrF3N3O3. The van der Waals surface area contributed by atoms with Crippen molar-refractivity contribution in [3.05, 3.63) is 22.8 Å². The summed E-state index contributed by atoms with van der Waals surface area (Å²) in [6.45, 7) is 4.18. The van der Waals surface area contributed by atoms with Crippen LogP contribution in [0.3, 0.4) is 0 Å². The van der Waals surface area contributed by atoms with Gasteiger partial charge in [-0.1, -0.05) is 26.7 Å². The summed E-state index contributed by atoms with van der Waals surface area (Å²) in [5.74, 6) is 0.555. The van der Waals surface area contributed by atoms with Crippen LogP contribution in [-0.4, -0.2) is 36.6 Å². The molecule has 0 aliphatic rings. The smallest absolute Gasteiger partial charge is 0.496 e. The van der Waals surface area contributed by atoms with E-state index in [4.69, 9.17) is 9.47 Å². The predicted octanol–water partition coefficient (Wildman–Crippen LogP) is 6.20. The van der Waals surface area contributed by atoms with Crippen LogP contribution >= 0.6 is 15.9 Å². The van der Waals surface area contributed by atoms with E-state index in [1.165, 1.54) is 19.2 Å². The summed E-state index contributed by atoms with van der Waals surface area (Å²) in [4.78, 5) is 9.04. The minimum absolute atomic E-state index is 0.0208. The van der Waals surface area contributed by atoms with Gasteiger partial charge in [0.1, 0.15) is 27.9 Å². The van der Waals surface area contributed by atoms with Gasteiger partial charge in [-0.25, -0.2) is 9.97 Å². The Kier molecular flexibility index (Phi) is 8.57. The Morgan fingerprint density at radius 3 is 2.33 bits per heavy atom. The van der Waals surface area contributed by atoms with Crippen LogP contribution in [-0.2, 0) is 0 Å². The SMILES string of the molecule is CCCC(CCC)Oc1nc(Br)c(-c2ccc(OC(F)(F)F)cc2OC)nc1NC. The first kappa shape index (κ1) is 24.0. The Labute approximate surface area is 182 Å². The highest BCUT2D eigenvalue weighted by molar-refractivity contribution is 9.10. The number of aromatic nitrogens is 2. The zero-order chi connectivity index (χ0) is 22.3. The molecule has 0 atom stereocenters. The molecule has 0 radical (unpaired) electrons. The lowest BCUT2D eigenvalue weighted by molar-refractivity contribution is -0.274. The van der Waals surface area contributed by atoms with Gasteiger partial charge in [-0.05, 0) is 40.9 Å². The lowest BCUT2D eigenvalue weighted by Gasteiger charge is -2.20. The Balaban J connectivity index is 2.43. The van der Waals surface area contributed by atoms with Gasteiger partial charge in [0, 0.05) is 18.7 Å². The molecule has 1 N–H and O–H groups in total. The number of hydrogen-bond donors (Lipinski definition) is 1. The maximum atomic E-state index is 12.5. The molecule has 0 fully saturated rings. The van der Waals surface area contributed by atoms with Crippen molar-refractivity contribution in [1.29, 1.82) is 0 Å². The van der Waals surface area contributed by atoms with E-state index < -0.39 is 6.36 Å². The van der Waals surface area contributed by atoms with Gasteiger partial charge >= 0.3 is 6.36 Å². The Bertz CT molecular complexity index is 844. The molecule has 0 aliphatic carbocycles. The quantitative estimate of drug-likeness (QED) is 0.426. The number of nitrogens with zero attached hydrogens (tertiary/aromatic N) is 2.